The lowest BCUT2D eigenvalue weighted by atomic mass is 9.96. The summed E-state index contributed by atoms with van der Waals surface area (Å²) >= 11 is 18.7. The molecule has 0 radical (unpaired) electrons. The number of nitrogens with one attached hydrogen (secondary N) is 2. The average molecular weight is 583 g/mol. The summed E-state index contributed by atoms with van der Waals surface area (Å²) in [6, 6.07) is 18.7. The number of hydrogen-bond acceptors (Lipinski definition) is 3. The second-order valence-electron chi connectivity index (χ2n) is 9.36. The maximum Gasteiger partial charge on any atom is 0.226 e. The van der Waals surface area contributed by atoms with Crippen molar-refractivity contribution >= 4 is 52.1 Å². The number of aryl methyl sites for hydroxylation is 1. The second kappa shape index (κ2) is 11.3. The number of pyridine rings is 1. The standard InChI is InChI=1S/C29H26Cl2FN5OS/c1-17-16-21(18(2)37(17)24-8-5-6-22(30)26(24)31)28-27(23-7-3-4-14-33-23)35-29(39)36(28)15-13-25(38)34-20-11-9-19(32)10-12-20/h3-12,14,16,27-28H,13,15H2,1-2H3,(H,34,38)(H,35,39)/t27-,28-/m0/s1. The monoisotopic (exact) mass is 581 g/mol. The molecular formula is C29H26Cl2FN5OS. The molecule has 1 aliphatic rings. The number of thiocarbonyl (C=S) groups is 1. The Kier molecular flexibility index (Phi) is 7.88. The third-order valence-corrected chi connectivity index (χ3v) is 8.03. The van der Waals surface area contributed by atoms with E-state index in [-0.39, 0.29) is 30.2 Å². The van der Waals surface area contributed by atoms with Crippen LogP contribution in [0.3, 0.4) is 0 Å². The Labute approximate surface area is 241 Å². The fourth-order valence-electron chi connectivity index (χ4n) is 5.09. The third-order valence-electron chi connectivity index (χ3n) is 6.87. The molecule has 4 aromatic rings. The van der Waals surface area contributed by atoms with Crippen molar-refractivity contribution in [2.75, 3.05) is 11.9 Å². The van der Waals surface area contributed by atoms with Gasteiger partial charge in [-0.25, -0.2) is 4.39 Å². The number of rotatable bonds is 7. The van der Waals surface area contributed by atoms with Gasteiger partial charge in [-0.2, -0.15) is 0 Å². The number of nitrogens with zero attached hydrogens (tertiary/aromatic N) is 3. The molecule has 1 aliphatic heterocycles. The van der Waals surface area contributed by atoms with Crippen molar-refractivity contribution in [3.63, 3.8) is 0 Å². The van der Waals surface area contributed by atoms with Crippen molar-refractivity contribution in [1.29, 1.82) is 0 Å². The number of benzene rings is 2. The van der Waals surface area contributed by atoms with Gasteiger partial charge in [-0.05, 0) is 86.2 Å². The zero-order valence-electron chi connectivity index (χ0n) is 21.3. The van der Waals surface area contributed by atoms with Crippen molar-refractivity contribution in [3.05, 3.63) is 111 Å². The van der Waals surface area contributed by atoms with Gasteiger partial charge in [0.15, 0.2) is 5.11 Å². The van der Waals surface area contributed by atoms with Crippen LogP contribution in [0.15, 0.2) is 72.9 Å². The maximum atomic E-state index is 13.3. The Morgan fingerprint density at radius 2 is 1.87 bits per heavy atom. The van der Waals surface area contributed by atoms with Crippen LogP contribution in [-0.4, -0.2) is 32.0 Å². The summed E-state index contributed by atoms with van der Waals surface area (Å²) in [4.78, 5) is 19.4. The predicted molar refractivity (Wildman–Crippen MR) is 157 cm³/mol. The zero-order valence-corrected chi connectivity index (χ0v) is 23.6. The van der Waals surface area contributed by atoms with Crippen molar-refractivity contribution in [1.82, 2.24) is 19.8 Å². The van der Waals surface area contributed by atoms with E-state index in [1.165, 1.54) is 24.3 Å². The van der Waals surface area contributed by atoms with E-state index in [2.05, 4.69) is 26.3 Å². The van der Waals surface area contributed by atoms with E-state index in [1.807, 2.05) is 49.1 Å². The Morgan fingerprint density at radius 1 is 1.10 bits per heavy atom. The van der Waals surface area contributed by atoms with E-state index in [0.29, 0.717) is 27.4 Å². The van der Waals surface area contributed by atoms with E-state index in [0.717, 1.165) is 28.3 Å². The van der Waals surface area contributed by atoms with Crippen LogP contribution in [0.1, 0.15) is 41.1 Å². The van der Waals surface area contributed by atoms with Crippen LogP contribution >= 0.6 is 35.4 Å². The molecule has 0 aliphatic carbocycles. The summed E-state index contributed by atoms with van der Waals surface area (Å²) in [6.45, 7) is 4.43. The molecular weight excluding hydrogens is 556 g/mol. The summed E-state index contributed by atoms with van der Waals surface area (Å²) < 4.78 is 15.3. The van der Waals surface area contributed by atoms with Gasteiger partial charge < -0.3 is 20.1 Å². The number of aromatic nitrogens is 2. The lowest BCUT2D eigenvalue weighted by molar-refractivity contribution is -0.116. The molecule has 2 aromatic heterocycles. The quantitative estimate of drug-likeness (QED) is 0.231. The van der Waals surface area contributed by atoms with Crippen LogP contribution in [0.5, 0.6) is 0 Å². The predicted octanol–water partition coefficient (Wildman–Crippen LogP) is 6.94. The number of amides is 1. The molecule has 10 heteroatoms. The zero-order chi connectivity index (χ0) is 27.7. The van der Waals surface area contributed by atoms with Crippen molar-refractivity contribution in [2.24, 2.45) is 0 Å². The number of halogens is 3. The first kappa shape index (κ1) is 27.1. The minimum atomic E-state index is -0.360. The average Bonchev–Trinajstić information content (AvgIpc) is 3.40. The van der Waals surface area contributed by atoms with Crippen molar-refractivity contribution < 1.29 is 9.18 Å². The van der Waals surface area contributed by atoms with E-state index >= 15 is 0 Å². The lowest BCUT2D eigenvalue weighted by Crippen LogP contribution is -2.32. The highest BCUT2D eigenvalue weighted by Crippen LogP contribution is 2.42. The minimum absolute atomic E-state index is 0.184. The van der Waals surface area contributed by atoms with E-state index in [9.17, 15) is 9.18 Å². The summed E-state index contributed by atoms with van der Waals surface area (Å²) in [5, 5.41) is 7.74. The highest BCUT2D eigenvalue weighted by molar-refractivity contribution is 7.80. The van der Waals surface area contributed by atoms with Gasteiger partial charge in [0.2, 0.25) is 5.91 Å². The topological polar surface area (TPSA) is 62.2 Å². The molecule has 1 fully saturated rings. The molecule has 2 aromatic carbocycles. The van der Waals surface area contributed by atoms with E-state index in [1.54, 1.807) is 12.3 Å². The second-order valence-corrected chi connectivity index (χ2v) is 10.5. The highest BCUT2D eigenvalue weighted by atomic mass is 35.5. The molecule has 1 amide bonds. The Morgan fingerprint density at radius 3 is 2.59 bits per heavy atom. The SMILES string of the molecule is Cc1cc([C@H]2[C@H](c3ccccn3)NC(=S)N2CCC(=O)Nc2ccc(F)cc2)c(C)n1-c1cccc(Cl)c1Cl. The third kappa shape index (κ3) is 5.50. The molecule has 0 saturated carbocycles. The minimum Gasteiger partial charge on any atom is -0.352 e. The number of carbonyl (C=O) groups is 1. The lowest BCUT2D eigenvalue weighted by Gasteiger charge is -2.28. The van der Waals surface area contributed by atoms with Gasteiger partial charge in [0, 0.05) is 36.2 Å². The molecule has 0 spiro atoms. The van der Waals surface area contributed by atoms with Crippen LogP contribution in [0.2, 0.25) is 10.0 Å². The van der Waals surface area contributed by atoms with Gasteiger partial charge >= 0.3 is 0 Å². The summed E-state index contributed by atoms with van der Waals surface area (Å²) in [6.07, 6.45) is 1.94. The van der Waals surface area contributed by atoms with Crippen molar-refractivity contribution in [3.8, 4) is 5.69 Å². The Hall–Kier alpha value is -3.46. The van der Waals surface area contributed by atoms with Crippen LogP contribution in [-0.2, 0) is 4.79 Å². The molecule has 2 atom stereocenters. The molecule has 1 saturated heterocycles. The van der Waals surface area contributed by atoms with Gasteiger partial charge in [0.05, 0.1) is 33.5 Å². The van der Waals surface area contributed by atoms with Gasteiger partial charge in [-0.1, -0.05) is 35.3 Å². The summed E-state index contributed by atoms with van der Waals surface area (Å²) in [5.74, 6) is -0.554. The van der Waals surface area contributed by atoms with E-state index < -0.39 is 0 Å². The van der Waals surface area contributed by atoms with E-state index in [4.69, 9.17) is 35.4 Å². The number of carbonyl (C=O) groups excluding carboxylic acids is 1. The molecule has 2 N–H and O–H groups in total. The van der Waals surface area contributed by atoms with Crippen molar-refractivity contribution in [2.45, 2.75) is 32.4 Å². The molecule has 5 rings (SSSR count). The van der Waals surface area contributed by atoms with Crippen LogP contribution in [0.25, 0.3) is 5.69 Å². The summed E-state index contributed by atoms with van der Waals surface area (Å²) in [7, 11) is 0. The number of anilines is 1. The van der Waals surface area contributed by atoms with Gasteiger partial charge in [0.25, 0.3) is 0 Å². The molecule has 3 heterocycles. The first-order valence-corrected chi connectivity index (χ1v) is 13.6. The van der Waals surface area contributed by atoms with Gasteiger partial charge in [0.1, 0.15) is 5.82 Å². The molecule has 0 bridgehead atoms. The molecule has 39 heavy (non-hydrogen) atoms. The molecule has 200 valence electrons. The van der Waals surface area contributed by atoms with Gasteiger partial charge in [-0.15, -0.1) is 0 Å². The Bertz CT molecular complexity index is 1530. The Balaban J connectivity index is 1.48. The normalized spacial score (nSPS) is 16.8. The fourth-order valence-corrected chi connectivity index (χ4v) is 5.80. The highest BCUT2D eigenvalue weighted by Gasteiger charge is 2.41. The smallest absolute Gasteiger partial charge is 0.226 e. The van der Waals surface area contributed by atoms with Crippen LogP contribution in [0, 0.1) is 19.7 Å². The van der Waals surface area contributed by atoms with Crippen LogP contribution < -0.4 is 10.6 Å². The van der Waals surface area contributed by atoms with Crippen LogP contribution in [0.4, 0.5) is 10.1 Å². The molecule has 6 nitrogen and oxygen atoms in total. The van der Waals surface area contributed by atoms with Gasteiger partial charge in [-0.3, -0.25) is 9.78 Å². The maximum absolute atomic E-state index is 13.3. The first-order valence-electron chi connectivity index (χ1n) is 12.4. The summed E-state index contributed by atoms with van der Waals surface area (Å²) in [5.41, 5.74) is 5.17. The number of hydrogen-bond donors (Lipinski definition) is 2. The first-order chi connectivity index (χ1) is 18.7. The largest absolute Gasteiger partial charge is 0.352 e. The molecule has 0 unspecified atom stereocenters. The fraction of sp³-hybridized carbons (Fsp3) is 0.207.